The number of hydrogen-bond acceptors (Lipinski definition) is 2. The number of halogens is 5. The number of amides is 1. The van der Waals surface area contributed by atoms with Gasteiger partial charge in [-0.05, 0) is 6.07 Å². The molecule has 1 amide bonds. The maximum atomic E-state index is 13.5. The fourth-order valence-electron chi connectivity index (χ4n) is 1.20. The SMILES string of the molecule is O=C(O)c1c(F)ccc(CNC(=O)C(F)(F)F)c1F. The van der Waals surface area contributed by atoms with Crippen molar-refractivity contribution in [2.24, 2.45) is 0 Å². The van der Waals surface area contributed by atoms with Gasteiger partial charge >= 0.3 is 18.1 Å². The molecule has 0 bridgehead atoms. The van der Waals surface area contributed by atoms with Crippen LogP contribution in [-0.4, -0.2) is 23.2 Å². The molecule has 2 N–H and O–H groups in total. The highest BCUT2D eigenvalue weighted by molar-refractivity contribution is 5.88. The second kappa shape index (κ2) is 5.21. The summed E-state index contributed by atoms with van der Waals surface area (Å²) in [6.07, 6.45) is -5.15. The molecular weight excluding hydrogens is 277 g/mol. The number of carbonyl (C=O) groups excluding carboxylic acids is 1. The fourth-order valence-corrected chi connectivity index (χ4v) is 1.20. The third-order valence-electron chi connectivity index (χ3n) is 2.08. The summed E-state index contributed by atoms with van der Waals surface area (Å²) in [4.78, 5) is 21.0. The second-order valence-corrected chi connectivity index (χ2v) is 3.38. The van der Waals surface area contributed by atoms with Crippen molar-refractivity contribution in [2.75, 3.05) is 0 Å². The van der Waals surface area contributed by atoms with Gasteiger partial charge in [-0.2, -0.15) is 13.2 Å². The summed E-state index contributed by atoms with van der Waals surface area (Å²) < 4.78 is 62.1. The van der Waals surface area contributed by atoms with Crippen LogP contribution in [0.4, 0.5) is 22.0 Å². The molecule has 1 rings (SSSR count). The molecule has 1 aromatic carbocycles. The zero-order valence-corrected chi connectivity index (χ0v) is 9.02. The van der Waals surface area contributed by atoms with Crippen molar-refractivity contribution in [1.29, 1.82) is 0 Å². The summed E-state index contributed by atoms with van der Waals surface area (Å²) in [5.74, 6) is -7.11. The molecule has 1 aromatic rings. The molecule has 19 heavy (non-hydrogen) atoms. The minimum absolute atomic E-state index is 0.573. The van der Waals surface area contributed by atoms with Crippen LogP contribution < -0.4 is 5.32 Å². The lowest BCUT2D eigenvalue weighted by Crippen LogP contribution is -2.36. The molecule has 0 unspecified atom stereocenters. The molecule has 0 aromatic heterocycles. The predicted molar refractivity (Wildman–Crippen MR) is 51.2 cm³/mol. The van der Waals surface area contributed by atoms with Gasteiger partial charge in [0.1, 0.15) is 17.2 Å². The van der Waals surface area contributed by atoms with Crippen molar-refractivity contribution in [3.63, 3.8) is 0 Å². The topological polar surface area (TPSA) is 66.4 Å². The molecular formula is C10H6F5NO3. The van der Waals surface area contributed by atoms with E-state index < -0.39 is 47.4 Å². The van der Waals surface area contributed by atoms with E-state index in [0.717, 1.165) is 6.07 Å². The molecule has 0 saturated carbocycles. The Balaban J connectivity index is 2.95. The lowest BCUT2D eigenvalue weighted by molar-refractivity contribution is -0.173. The fraction of sp³-hybridized carbons (Fsp3) is 0.200. The van der Waals surface area contributed by atoms with Gasteiger partial charge in [-0.1, -0.05) is 6.07 Å². The second-order valence-electron chi connectivity index (χ2n) is 3.38. The van der Waals surface area contributed by atoms with E-state index in [1.165, 1.54) is 5.32 Å². The van der Waals surface area contributed by atoms with Crippen LogP contribution in [-0.2, 0) is 11.3 Å². The first-order valence-electron chi connectivity index (χ1n) is 4.69. The number of carboxylic acid groups (broad SMARTS) is 1. The van der Waals surface area contributed by atoms with Gasteiger partial charge in [0, 0.05) is 12.1 Å². The number of alkyl halides is 3. The summed E-state index contributed by atoms with van der Waals surface area (Å²) >= 11 is 0. The van der Waals surface area contributed by atoms with Crippen LogP contribution in [0.25, 0.3) is 0 Å². The van der Waals surface area contributed by atoms with Gasteiger partial charge in [0.05, 0.1) is 0 Å². The standard InChI is InChI=1S/C10H6F5NO3/c11-5-2-1-4(7(12)6(5)8(17)18)3-16-9(19)10(13,14)15/h1-2H,3H2,(H,16,19)(H,17,18). The molecule has 0 radical (unpaired) electrons. The Morgan fingerprint density at radius 3 is 2.26 bits per heavy atom. The van der Waals surface area contributed by atoms with Crippen LogP contribution >= 0.6 is 0 Å². The molecule has 104 valence electrons. The van der Waals surface area contributed by atoms with E-state index in [0.29, 0.717) is 6.07 Å². The molecule has 0 aliphatic carbocycles. The first kappa shape index (κ1) is 14.9. The molecule has 0 fully saturated rings. The molecule has 0 aliphatic rings. The average Bonchev–Trinajstić information content (AvgIpc) is 2.25. The number of rotatable bonds is 3. The monoisotopic (exact) mass is 283 g/mol. The Morgan fingerprint density at radius 1 is 1.21 bits per heavy atom. The van der Waals surface area contributed by atoms with Crippen LogP contribution in [0.5, 0.6) is 0 Å². The lowest BCUT2D eigenvalue weighted by Gasteiger charge is -2.10. The molecule has 0 spiro atoms. The summed E-state index contributed by atoms with van der Waals surface area (Å²) in [7, 11) is 0. The Hall–Kier alpha value is -2.19. The summed E-state index contributed by atoms with van der Waals surface area (Å²) in [6, 6.07) is 1.33. The first-order chi connectivity index (χ1) is 8.64. The van der Waals surface area contributed by atoms with Gasteiger partial charge in [0.25, 0.3) is 0 Å². The molecule has 0 heterocycles. The smallest absolute Gasteiger partial charge is 0.471 e. The molecule has 0 saturated heterocycles. The van der Waals surface area contributed by atoms with Crippen LogP contribution in [0.15, 0.2) is 12.1 Å². The van der Waals surface area contributed by atoms with Gasteiger partial charge < -0.3 is 10.4 Å². The molecule has 0 aliphatic heterocycles. The van der Waals surface area contributed by atoms with Crippen molar-refractivity contribution in [1.82, 2.24) is 5.32 Å². The predicted octanol–water partition coefficient (Wildman–Crippen LogP) is 1.84. The number of carboxylic acids is 1. The quantitative estimate of drug-likeness (QED) is 0.832. The Labute approximate surface area is 102 Å². The van der Waals surface area contributed by atoms with E-state index in [1.807, 2.05) is 0 Å². The Bertz CT molecular complexity index is 527. The highest BCUT2D eigenvalue weighted by atomic mass is 19.4. The number of hydrogen-bond donors (Lipinski definition) is 2. The number of carbonyl (C=O) groups is 2. The third-order valence-corrected chi connectivity index (χ3v) is 2.08. The maximum Gasteiger partial charge on any atom is 0.471 e. The summed E-state index contributed by atoms with van der Waals surface area (Å²) in [5.41, 5.74) is -1.87. The Morgan fingerprint density at radius 2 is 1.79 bits per heavy atom. The number of nitrogens with one attached hydrogen (secondary N) is 1. The van der Waals surface area contributed by atoms with E-state index in [9.17, 15) is 31.5 Å². The van der Waals surface area contributed by atoms with Gasteiger partial charge in [-0.15, -0.1) is 0 Å². The zero-order chi connectivity index (χ0) is 14.8. The van der Waals surface area contributed by atoms with Crippen molar-refractivity contribution < 1.29 is 36.6 Å². The average molecular weight is 283 g/mol. The van der Waals surface area contributed by atoms with Gasteiger partial charge in [-0.25, -0.2) is 13.6 Å². The van der Waals surface area contributed by atoms with Crippen LogP contribution in [0.1, 0.15) is 15.9 Å². The van der Waals surface area contributed by atoms with E-state index >= 15 is 0 Å². The van der Waals surface area contributed by atoms with Gasteiger partial charge in [0.2, 0.25) is 0 Å². The van der Waals surface area contributed by atoms with E-state index in [1.54, 1.807) is 0 Å². The normalized spacial score (nSPS) is 11.2. The minimum atomic E-state index is -5.15. The molecule has 0 atom stereocenters. The highest BCUT2D eigenvalue weighted by Crippen LogP contribution is 2.18. The van der Waals surface area contributed by atoms with E-state index in [4.69, 9.17) is 5.11 Å². The number of benzene rings is 1. The maximum absolute atomic E-state index is 13.5. The highest BCUT2D eigenvalue weighted by Gasteiger charge is 2.38. The van der Waals surface area contributed by atoms with E-state index in [-0.39, 0.29) is 0 Å². The summed E-state index contributed by atoms with van der Waals surface area (Å²) in [6.45, 7) is -0.912. The Kier molecular flexibility index (Phi) is 4.07. The van der Waals surface area contributed by atoms with Crippen molar-refractivity contribution in [3.8, 4) is 0 Å². The lowest BCUT2D eigenvalue weighted by atomic mass is 10.1. The minimum Gasteiger partial charge on any atom is -0.477 e. The van der Waals surface area contributed by atoms with Crippen molar-refractivity contribution in [2.45, 2.75) is 12.7 Å². The molecule has 9 heteroatoms. The first-order valence-corrected chi connectivity index (χ1v) is 4.69. The van der Waals surface area contributed by atoms with Crippen molar-refractivity contribution in [3.05, 3.63) is 34.9 Å². The van der Waals surface area contributed by atoms with Gasteiger partial charge in [0.15, 0.2) is 0 Å². The summed E-state index contributed by atoms with van der Waals surface area (Å²) in [5, 5.41) is 9.88. The van der Waals surface area contributed by atoms with Crippen molar-refractivity contribution >= 4 is 11.9 Å². The van der Waals surface area contributed by atoms with Crippen LogP contribution in [0, 0.1) is 11.6 Å². The van der Waals surface area contributed by atoms with Crippen LogP contribution in [0.3, 0.4) is 0 Å². The van der Waals surface area contributed by atoms with E-state index in [2.05, 4.69) is 0 Å². The largest absolute Gasteiger partial charge is 0.477 e. The number of aromatic carboxylic acids is 1. The third kappa shape index (κ3) is 3.39. The zero-order valence-electron chi connectivity index (χ0n) is 9.02. The molecule has 4 nitrogen and oxygen atoms in total. The van der Waals surface area contributed by atoms with Gasteiger partial charge in [-0.3, -0.25) is 4.79 Å². The van der Waals surface area contributed by atoms with Crippen LogP contribution in [0.2, 0.25) is 0 Å².